The zero-order valence-electron chi connectivity index (χ0n) is 42.4. The van der Waals surface area contributed by atoms with Gasteiger partial charge in [0.15, 0.2) is 0 Å². The Morgan fingerprint density at radius 1 is 0.507 bits per heavy atom. The molecule has 12 nitrogen and oxygen atoms in total. The molecule has 3 aromatic carbocycles. The van der Waals surface area contributed by atoms with Crippen LogP contribution in [0, 0.1) is 23.7 Å². The Labute approximate surface area is 414 Å². The number of anilines is 4. The largest absolute Gasteiger partial charge is 0.381 e. The number of rotatable bonds is 14. The summed E-state index contributed by atoms with van der Waals surface area (Å²) < 4.78 is 22.0. The lowest BCUT2D eigenvalue weighted by Crippen LogP contribution is -2.41. The molecule has 3 aromatic rings. The Balaban J connectivity index is 0.000000196. The maximum Gasteiger partial charge on any atom is 0.227 e. The lowest BCUT2D eigenvalue weighted by atomic mass is 9.86. The summed E-state index contributed by atoms with van der Waals surface area (Å²) in [7, 11) is 0. The number of hydrogen-bond acceptors (Lipinski definition) is 10. The SMILES string of the molecule is CC(C)(C)c1ccc(CN2CCC(CN(C(=O)CC3CCOCC3)c3ccc(N4CCOCC4)cc3)CC2)cc1.O=C(CC1CCOCC1)N(CC1CCNCC1)c1ccc(N2CCOCC2)cc1. The third-order valence-corrected chi connectivity index (χ3v) is 15.6. The number of benzene rings is 3. The number of likely N-dealkylation sites (tertiary alicyclic amines) is 1. The Hall–Kier alpha value is -4.04. The fraction of sp³-hybridized carbons (Fsp3) is 0.649. The molecule has 0 bridgehead atoms. The molecule has 0 radical (unpaired) electrons. The van der Waals surface area contributed by atoms with Gasteiger partial charge < -0.3 is 43.9 Å². The first-order valence-corrected chi connectivity index (χ1v) is 26.8. The molecular weight excluding hydrogens is 865 g/mol. The van der Waals surface area contributed by atoms with E-state index in [4.69, 9.17) is 18.9 Å². The molecule has 0 spiro atoms. The summed E-state index contributed by atoms with van der Waals surface area (Å²) in [5.41, 5.74) is 7.48. The number of carbonyl (C=O) groups excluding carboxylic acids is 2. The molecule has 69 heavy (non-hydrogen) atoms. The van der Waals surface area contributed by atoms with Gasteiger partial charge in [-0.05, 0) is 166 Å². The molecule has 0 unspecified atom stereocenters. The number of nitrogens with one attached hydrogen (secondary N) is 1. The van der Waals surface area contributed by atoms with Crippen LogP contribution in [0.2, 0.25) is 0 Å². The van der Waals surface area contributed by atoms with Crippen molar-refractivity contribution in [2.75, 3.05) is 138 Å². The number of carbonyl (C=O) groups is 2. The van der Waals surface area contributed by atoms with Crippen LogP contribution in [0.5, 0.6) is 0 Å². The average molecular weight is 949 g/mol. The standard InChI is InChI=1S/C34H49N3O3.C23H35N3O3/c1-34(2,3)30-6-4-28(5-7-30)25-35-16-12-29(13-17-35)26-37(33(38)24-27-14-20-39-21-15-27)32-10-8-31(9-11-32)36-18-22-40-23-19-36;27-23(17-19-7-13-28-14-8-19)26(18-20-5-9-24-10-6-20)22-3-1-21(2-4-22)25-11-15-29-16-12-25/h4-11,27,29H,12-26H2,1-3H3;1-4,19-20,24H,5-18H2. The number of ether oxygens (including phenoxy) is 4. The van der Waals surface area contributed by atoms with Crippen molar-refractivity contribution in [2.24, 2.45) is 23.7 Å². The molecule has 12 heteroatoms. The third-order valence-electron chi connectivity index (χ3n) is 15.6. The van der Waals surface area contributed by atoms with E-state index in [0.29, 0.717) is 36.5 Å². The van der Waals surface area contributed by atoms with Gasteiger partial charge in [-0.1, -0.05) is 45.0 Å². The van der Waals surface area contributed by atoms with E-state index in [9.17, 15) is 9.59 Å². The molecule has 0 aromatic heterocycles. The summed E-state index contributed by atoms with van der Waals surface area (Å²) >= 11 is 0. The van der Waals surface area contributed by atoms with E-state index in [2.05, 4.69) is 123 Å². The molecule has 378 valence electrons. The molecule has 9 rings (SSSR count). The quantitative estimate of drug-likeness (QED) is 0.169. The smallest absolute Gasteiger partial charge is 0.227 e. The Morgan fingerprint density at radius 2 is 0.913 bits per heavy atom. The highest BCUT2D eigenvalue weighted by molar-refractivity contribution is 5.94. The lowest BCUT2D eigenvalue weighted by Gasteiger charge is -2.36. The molecule has 0 saturated carbocycles. The van der Waals surface area contributed by atoms with Crippen LogP contribution < -0.4 is 24.9 Å². The van der Waals surface area contributed by atoms with Crippen LogP contribution in [-0.2, 0) is 40.5 Å². The minimum atomic E-state index is 0.188. The van der Waals surface area contributed by atoms with E-state index >= 15 is 0 Å². The Morgan fingerprint density at radius 3 is 1.33 bits per heavy atom. The maximum atomic E-state index is 13.7. The van der Waals surface area contributed by atoms with Crippen LogP contribution in [0.4, 0.5) is 22.7 Å². The van der Waals surface area contributed by atoms with Crippen LogP contribution in [-0.4, -0.2) is 135 Å². The molecule has 1 N–H and O–H groups in total. The minimum Gasteiger partial charge on any atom is -0.381 e. The van der Waals surface area contributed by atoms with Crippen molar-refractivity contribution in [3.8, 4) is 0 Å². The molecule has 6 aliphatic rings. The highest BCUT2D eigenvalue weighted by Crippen LogP contribution is 2.31. The molecule has 0 aliphatic carbocycles. The summed E-state index contributed by atoms with van der Waals surface area (Å²) in [6, 6.07) is 26.4. The Kier molecular flexibility index (Phi) is 19.3. The molecular formula is C57H84N6O6. The highest BCUT2D eigenvalue weighted by Gasteiger charge is 2.29. The van der Waals surface area contributed by atoms with E-state index in [1.54, 1.807) is 0 Å². The fourth-order valence-corrected chi connectivity index (χ4v) is 10.9. The van der Waals surface area contributed by atoms with Gasteiger partial charge in [0.2, 0.25) is 11.8 Å². The predicted molar refractivity (Wildman–Crippen MR) is 279 cm³/mol. The van der Waals surface area contributed by atoms with Crippen LogP contribution in [0.3, 0.4) is 0 Å². The van der Waals surface area contributed by atoms with Gasteiger partial charge in [-0.15, -0.1) is 0 Å². The van der Waals surface area contributed by atoms with Crippen molar-refractivity contribution < 1.29 is 28.5 Å². The van der Waals surface area contributed by atoms with E-state index in [-0.39, 0.29) is 17.2 Å². The maximum absolute atomic E-state index is 13.7. The van der Waals surface area contributed by atoms with Gasteiger partial charge in [0.1, 0.15) is 0 Å². The van der Waals surface area contributed by atoms with Crippen LogP contribution in [0.15, 0.2) is 72.8 Å². The molecule has 6 heterocycles. The summed E-state index contributed by atoms with van der Waals surface area (Å²) in [4.78, 5) is 38.5. The van der Waals surface area contributed by atoms with Crippen molar-refractivity contribution >= 4 is 34.6 Å². The molecule has 0 atom stereocenters. The van der Waals surface area contributed by atoms with Crippen LogP contribution in [0.1, 0.15) is 96.1 Å². The number of amides is 2. The topological polar surface area (TPSA) is 99.3 Å². The van der Waals surface area contributed by atoms with Gasteiger partial charge in [-0.25, -0.2) is 0 Å². The van der Waals surface area contributed by atoms with E-state index < -0.39 is 0 Å². The summed E-state index contributed by atoms with van der Waals surface area (Å²) in [5, 5.41) is 3.43. The second kappa shape index (κ2) is 25.9. The number of nitrogens with zero attached hydrogens (tertiary/aromatic N) is 5. The van der Waals surface area contributed by atoms with Crippen LogP contribution >= 0.6 is 0 Å². The summed E-state index contributed by atoms with van der Waals surface area (Å²) in [6.07, 6.45) is 9.80. The summed E-state index contributed by atoms with van der Waals surface area (Å²) in [5.74, 6) is 2.54. The average Bonchev–Trinajstić information content (AvgIpc) is 3.39. The van der Waals surface area contributed by atoms with Gasteiger partial charge in [-0.2, -0.15) is 0 Å². The van der Waals surface area contributed by atoms with E-state index in [1.165, 1.54) is 22.5 Å². The van der Waals surface area contributed by atoms with Gasteiger partial charge >= 0.3 is 0 Å². The zero-order chi connectivity index (χ0) is 47.8. The number of piperidine rings is 2. The van der Waals surface area contributed by atoms with Gasteiger partial charge in [0.05, 0.1) is 26.4 Å². The first-order chi connectivity index (χ1) is 33.6. The third kappa shape index (κ3) is 15.5. The predicted octanol–water partition coefficient (Wildman–Crippen LogP) is 8.56. The molecule has 6 fully saturated rings. The second-order valence-electron chi connectivity index (χ2n) is 21.6. The van der Waals surface area contributed by atoms with Crippen molar-refractivity contribution in [3.05, 3.63) is 83.9 Å². The first-order valence-electron chi connectivity index (χ1n) is 26.8. The Bertz CT molecular complexity index is 1970. The second-order valence-corrected chi connectivity index (χ2v) is 21.6. The van der Waals surface area contributed by atoms with Crippen molar-refractivity contribution in [1.82, 2.24) is 10.2 Å². The molecule has 6 aliphatic heterocycles. The number of hydrogen-bond donors (Lipinski definition) is 1. The first kappa shape index (κ1) is 51.3. The van der Waals surface area contributed by atoms with Crippen molar-refractivity contribution in [3.63, 3.8) is 0 Å². The zero-order valence-corrected chi connectivity index (χ0v) is 42.4. The van der Waals surface area contributed by atoms with Crippen LogP contribution in [0.25, 0.3) is 0 Å². The van der Waals surface area contributed by atoms with Crippen molar-refractivity contribution in [1.29, 1.82) is 0 Å². The number of morpholine rings is 2. The van der Waals surface area contributed by atoms with Gasteiger partial charge in [0, 0.05) is 108 Å². The van der Waals surface area contributed by atoms with Gasteiger partial charge in [0.25, 0.3) is 0 Å². The van der Waals surface area contributed by atoms with E-state index in [0.717, 1.165) is 188 Å². The highest BCUT2D eigenvalue weighted by atomic mass is 16.5. The van der Waals surface area contributed by atoms with Gasteiger partial charge in [-0.3, -0.25) is 14.5 Å². The molecule has 6 saturated heterocycles. The summed E-state index contributed by atoms with van der Waals surface area (Å²) in [6.45, 7) is 23.7. The lowest BCUT2D eigenvalue weighted by molar-refractivity contribution is -0.121. The van der Waals surface area contributed by atoms with E-state index in [1.807, 2.05) is 0 Å². The molecule has 2 amide bonds. The monoisotopic (exact) mass is 949 g/mol. The minimum absolute atomic E-state index is 0.188. The normalized spacial score (nSPS) is 20.8. The fourth-order valence-electron chi connectivity index (χ4n) is 10.9. The van der Waals surface area contributed by atoms with Crippen molar-refractivity contribution in [2.45, 2.75) is 96.9 Å².